The first-order valence-corrected chi connectivity index (χ1v) is 5.62. The highest BCUT2D eigenvalue weighted by molar-refractivity contribution is 9.10. The molecule has 0 aliphatic rings. The molecule has 0 radical (unpaired) electrons. The zero-order chi connectivity index (χ0) is 12.0. The summed E-state index contributed by atoms with van der Waals surface area (Å²) in [5.41, 5.74) is 4.99. The van der Waals surface area contributed by atoms with Crippen molar-refractivity contribution in [1.29, 1.82) is 0 Å². The third-order valence-electron chi connectivity index (χ3n) is 2.18. The predicted molar refractivity (Wildman–Crippen MR) is 65.3 cm³/mol. The summed E-state index contributed by atoms with van der Waals surface area (Å²) in [6, 6.07) is 3.96. The zero-order valence-electron chi connectivity index (χ0n) is 9.67. The van der Waals surface area contributed by atoms with Crippen molar-refractivity contribution in [1.82, 2.24) is 5.48 Å². The van der Waals surface area contributed by atoms with E-state index in [1.54, 1.807) is 21.3 Å². The van der Waals surface area contributed by atoms with Crippen LogP contribution in [-0.4, -0.2) is 21.3 Å². The smallest absolute Gasteiger partial charge is 0.133 e. The highest BCUT2D eigenvalue weighted by atomic mass is 79.9. The average Bonchev–Trinajstić information content (AvgIpc) is 2.29. The van der Waals surface area contributed by atoms with E-state index in [0.717, 1.165) is 21.3 Å². The standard InChI is InChI=1S/C11H16BrNO3/c1-14-7-9-5-11(15-2)10(12)4-8(9)6-13-16-3/h4-5,13H,6-7H2,1-3H3. The van der Waals surface area contributed by atoms with Gasteiger partial charge in [-0.15, -0.1) is 0 Å². The Morgan fingerprint density at radius 1 is 1.19 bits per heavy atom. The molecule has 0 fully saturated rings. The van der Waals surface area contributed by atoms with Crippen LogP contribution in [0.3, 0.4) is 0 Å². The summed E-state index contributed by atoms with van der Waals surface area (Å²) in [7, 11) is 4.90. The van der Waals surface area contributed by atoms with Gasteiger partial charge in [-0.2, -0.15) is 5.48 Å². The van der Waals surface area contributed by atoms with Gasteiger partial charge in [-0.1, -0.05) is 0 Å². The molecule has 0 aromatic heterocycles. The van der Waals surface area contributed by atoms with Crippen molar-refractivity contribution >= 4 is 15.9 Å². The first-order chi connectivity index (χ1) is 7.72. The number of ether oxygens (including phenoxy) is 2. The Labute approximate surface area is 104 Å². The molecule has 0 bridgehead atoms. The Kier molecular flexibility index (Phi) is 5.76. The minimum Gasteiger partial charge on any atom is -0.496 e. The monoisotopic (exact) mass is 289 g/mol. The Hall–Kier alpha value is -0.620. The largest absolute Gasteiger partial charge is 0.496 e. The van der Waals surface area contributed by atoms with Crippen LogP contribution in [0.25, 0.3) is 0 Å². The molecule has 1 aromatic rings. The molecule has 0 heterocycles. The number of hydrogen-bond acceptors (Lipinski definition) is 4. The van der Waals surface area contributed by atoms with E-state index in [9.17, 15) is 0 Å². The molecule has 1 aromatic carbocycles. The van der Waals surface area contributed by atoms with Gasteiger partial charge < -0.3 is 14.3 Å². The quantitative estimate of drug-likeness (QED) is 0.816. The van der Waals surface area contributed by atoms with E-state index in [-0.39, 0.29) is 0 Å². The van der Waals surface area contributed by atoms with Crippen LogP contribution < -0.4 is 10.2 Å². The van der Waals surface area contributed by atoms with E-state index in [1.807, 2.05) is 12.1 Å². The van der Waals surface area contributed by atoms with Crippen LogP contribution in [0.4, 0.5) is 0 Å². The Bertz CT molecular complexity index is 344. The first kappa shape index (κ1) is 13.4. The Morgan fingerprint density at radius 2 is 1.94 bits per heavy atom. The molecule has 0 spiro atoms. The fourth-order valence-corrected chi connectivity index (χ4v) is 1.95. The second kappa shape index (κ2) is 6.85. The second-order valence-corrected chi connectivity index (χ2v) is 4.07. The molecular weight excluding hydrogens is 274 g/mol. The summed E-state index contributed by atoms with van der Waals surface area (Å²) in [6.07, 6.45) is 0. The van der Waals surface area contributed by atoms with Crippen LogP contribution in [0.1, 0.15) is 11.1 Å². The molecule has 5 heteroatoms. The van der Waals surface area contributed by atoms with E-state index in [0.29, 0.717) is 13.2 Å². The van der Waals surface area contributed by atoms with E-state index in [1.165, 1.54) is 0 Å². The van der Waals surface area contributed by atoms with Crippen LogP contribution >= 0.6 is 15.9 Å². The van der Waals surface area contributed by atoms with Crippen LogP contribution in [0.15, 0.2) is 16.6 Å². The summed E-state index contributed by atoms with van der Waals surface area (Å²) >= 11 is 3.45. The van der Waals surface area contributed by atoms with Gasteiger partial charge in [0.1, 0.15) is 5.75 Å². The third kappa shape index (κ3) is 3.45. The van der Waals surface area contributed by atoms with Crippen molar-refractivity contribution in [3.05, 3.63) is 27.7 Å². The molecule has 0 atom stereocenters. The number of rotatable bonds is 6. The van der Waals surface area contributed by atoms with Crippen LogP contribution in [0.2, 0.25) is 0 Å². The minimum atomic E-state index is 0.546. The third-order valence-corrected chi connectivity index (χ3v) is 2.80. The van der Waals surface area contributed by atoms with Gasteiger partial charge in [0.2, 0.25) is 0 Å². The fraction of sp³-hybridized carbons (Fsp3) is 0.455. The molecular formula is C11H16BrNO3. The molecule has 0 saturated heterocycles. The first-order valence-electron chi connectivity index (χ1n) is 4.83. The van der Waals surface area contributed by atoms with E-state index in [2.05, 4.69) is 21.4 Å². The van der Waals surface area contributed by atoms with E-state index < -0.39 is 0 Å². The van der Waals surface area contributed by atoms with Crippen molar-refractivity contribution in [3.63, 3.8) is 0 Å². The predicted octanol–water partition coefficient (Wildman–Crippen LogP) is 2.26. The lowest BCUT2D eigenvalue weighted by molar-refractivity contribution is 0.0859. The number of hydroxylamine groups is 1. The Morgan fingerprint density at radius 3 is 2.50 bits per heavy atom. The average molecular weight is 290 g/mol. The van der Waals surface area contributed by atoms with Crippen LogP contribution in [0.5, 0.6) is 5.75 Å². The molecule has 4 nitrogen and oxygen atoms in total. The van der Waals surface area contributed by atoms with Crippen molar-refractivity contribution < 1.29 is 14.3 Å². The minimum absolute atomic E-state index is 0.546. The van der Waals surface area contributed by atoms with Gasteiger partial charge in [0, 0.05) is 13.7 Å². The maximum absolute atomic E-state index is 5.24. The molecule has 0 saturated carbocycles. The number of halogens is 1. The SMILES string of the molecule is COCc1cc(OC)c(Br)cc1CNOC. The summed E-state index contributed by atoms with van der Waals surface area (Å²) in [5, 5.41) is 0. The topological polar surface area (TPSA) is 39.7 Å². The fourth-order valence-electron chi connectivity index (χ4n) is 1.40. The van der Waals surface area contributed by atoms with Gasteiger partial charge >= 0.3 is 0 Å². The van der Waals surface area contributed by atoms with Crippen molar-refractivity contribution in [2.45, 2.75) is 13.2 Å². The summed E-state index contributed by atoms with van der Waals surface area (Å²) in [6.45, 7) is 1.17. The molecule has 0 aliphatic heterocycles. The molecule has 0 amide bonds. The van der Waals surface area contributed by atoms with Crippen molar-refractivity contribution in [2.75, 3.05) is 21.3 Å². The van der Waals surface area contributed by atoms with Crippen LogP contribution in [0, 0.1) is 0 Å². The van der Waals surface area contributed by atoms with Crippen LogP contribution in [-0.2, 0) is 22.7 Å². The number of nitrogens with one attached hydrogen (secondary N) is 1. The zero-order valence-corrected chi connectivity index (χ0v) is 11.3. The molecule has 0 aliphatic carbocycles. The van der Waals surface area contributed by atoms with Gasteiger partial charge in [-0.3, -0.25) is 0 Å². The lowest BCUT2D eigenvalue weighted by atomic mass is 10.1. The second-order valence-electron chi connectivity index (χ2n) is 3.21. The van der Waals surface area contributed by atoms with Gasteiger partial charge in [-0.25, -0.2) is 0 Å². The lowest BCUT2D eigenvalue weighted by Gasteiger charge is -2.12. The number of methoxy groups -OCH3 is 2. The van der Waals surface area contributed by atoms with Gasteiger partial charge in [0.05, 0.1) is 25.3 Å². The maximum atomic E-state index is 5.24. The summed E-state index contributed by atoms with van der Waals surface area (Å²) < 4.78 is 11.3. The summed E-state index contributed by atoms with van der Waals surface area (Å²) in [4.78, 5) is 4.84. The van der Waals surface area contributed by atoms with Crippen molar-refractivity contribution in [3.8, 4) is 5.75 Å². The van der Waals surface area contributed by atoms with E-state index >= 15 is 0 Å². The number of benzene rings is 1. The van der Waals surface area contributed by atoms with Gasteiger partial charge in [0.25, 0.3) is 0 Å². The summed E-state index contributed by atoms with van der Waals surface area (Å²) in [5.74, 6) is 0.799. The highest BCUT2D eigenvalue weighted by Crippen LogP contribution is 2.29. The van der Waals surface area contributed by atoms with Crippen molar-refractivity contribution in [2.24, 2.45) is 0 Å². The van der Waals surface area contributed by atoms with Gasteiger partial charge in [0.15, 0.2) is 0 Å². The maximum Gasteiger partial charge on any atom is 0.133 e. The lowest BCUT2D eigenvalue weighted by Crippen LogP contribution is -2.13. The highest BCUT2D eigenvalue weighted by Gasteiger charge is 2.08. The Balaban J connectivity index is 2.98. The molecule has 16 heavy (non-hydrogen) atoms. The van der Waals surface area contributed by atoms with E-state index in [4.69, 9.17) is 14.3 Å². The van der Waals surface area contributed by atoms with Gasteiger partial charge in [-0.05, 0) is 39.2 Å². The molecule has 1 N–H and O–H groups in total. The molecule has 90 valence electrons. The normalized spacial score (nSPS) is 10.5. The molecule has 0 unspecified atom stereocenters. The molecule has 1 rings (SSSR count). The number of hydrogen-bond donors (Lipinski definition) is 1.